The molecular formula is C18H26N4O2. The summed E-state index contributed by atoms with van der Waals surface area (Å²) in [5.41, 5.74) is 4.51. The molecule has 1 fully saturated rings. The van der Waals surface area contributed by atoms with E-state index in [9.17, 15) is 9.90 Å². The Hall–Kier alpha value is -1.92. The van der Waals surface area contributed by atoms with Gasteiger partial charge in [-0.05, 0) is 37.1 Å². The first kappa shape index (κ1) is 16.9. The summed E-state index contributed by atoms with van der Waals surface area (Å²) in [6.45, 7) is 10.1. The van der Waals surface area contributed by atoms with Crippen LogP contribution in [-0.2, 0) is 11.3 Å². The molecule has 1 N–H and O–H groups in total. The molecule has 2 aromatic rings. The van der Waals surface area contributed by atoms with Gasteiger partial charge in [-0.1, -0.05) is 0 Å². The smallest absolute Gasteiger partial charge is 0.219 e. The van der Waals surface area contributed by atoms with Crippen LogP contribution in [0, 0.1) is 13.8 Å². The van der Waals surface area contributed by atoms with Crippen LogP contribution in [0.2, 0.25) is 0 Å². The lowest BCUT2D eigenvalue weighted by molar-refractivity contribution is -0.130. The van der Waals surface area contributed by atoms with Gasteiger partial charge in [0.05, 0.1) is 30.0 Å². The third kappa shape index (κ3) is 3.60. The number of β-amino-alcohol motifs (C(OH)–C–C–N with tert-alkyl or cyclic N) is 1. The Balaban J connectivity index is 1.60. The fourth-order valence-electron chi connectivity index (χ4n) is 3.29. The first-order valence-electron chi connectivity index (χ1n) is 8.52. The van der Waals surface area contributed by atoms with Crippen molar-refractivity contribution in [2.24, 2.45) is 0 Å². The quantitative estimate of drug-likeness (QED) is 0.914. The Kier molecular flexibility index (Phi) is 4.87. The maximum atomic E-state index is 11.4. The monoisotopic (exact) mass is 330 g/mol. The molecule has 0 aliphatic carbocycles. The van der Waals surface area contributed by atoms with Crippen molar-refractivity contribution >= 4 is 16.9 Å². The molecule has 6 heteroatoms. The number of aliphatic hydroxyl groups is 1. The lowest BCUT2D eigenvalue weighted by Crippen LogP contribution is -2.50. The predicted molar refractivity (Wildman–Crippen MR) is 93.9 cm³/mol. The molecule has 0 bridgehead atoms. The van der Waals surface area contributed by atoms with Crippen LogP contribution in [0.3, 0.4) is 0 Å². The van der Waals surface area contributed by atoms with Gasteiger partial charge in [-0.25, -0.2) is 4.98 Å². The third-order valence-corrected chi connectivity index (χ3v) is 4.93. The van der Waals surface area contributed by atoms with Crippen LogP contribution >= 0.6 is 0 Å². The summed E-state index contributed by atoms with van der Waals surface area (Å²) in [6.07, 6.45) is 1.35. The van der Waals surface area contributed by atoms with E-state index in [4.69, 9.17) is 0 Å². The summed E-state index contributed by atoms with van der Waals surface area (Å²) in [6, 6.07) is 4.23. The van der Waals surface area contributed by atoms with Crippen molar-refractivity contribution in [1.82, 2.24) is 19.4 Å². The first-order chi connectivity index (χ1) is 11.4. The number of imidazole rings is 1. The molecule has 1 aliphatic rings. The third-order valence-electron chi connectivity index (χ3n) is 4.93. The zero-order valence-electron chi connectivity index (χ0n) is 14.7. The summed E-state index contributed by atoms with van der Waals surface area (Å²) in [4.78, 5) is 19.9. The van der Waals surface area contributed by atoms with Crippen LogP contribution in [-0.4, -0.2) is 69.2 Å². The number of aromatic nitrogens is 2. The van der Waals surface area contributed by atoms with Gasteiger partial charge in [-0.15, -0.1) is 0 Å². The molecule has 6 nitrogen and oxygen atoms in total. The predicted octanol–water partition coefficient (Wildman–Crippen LogP) is 1.18. The van der Waals surface area contributed by atoms with Crippen molar-refractivity contribution in [2.75, 3.05) is 32.7 Å². The molecule has 130 valence electrons. The lowest BCUT2D eigenvalue weighted by Gasteiger charge is -2.35. The molecule has 1 saturated heterocycles. The highest BCUT2D eigenvalue weighted by Gasteiger charge is 2.21. The summed E-state index contributed by atoms with van der Waals surface area (Å²) >= 11 is 0. The number of hydrogen-bond donors (Lipinski definition) is 1. The number of nitrogens with zero attached hydrogens (tertiary/aromatic N) is 4. The van der Waals surface area contributed by atoms with Gasteiger partial charge in [0.2, 0.25) is 5.91 Å². The van der Waals surface area contributed by atoms with Gasteiger partial charge in [0.15, 0.2) is 0 Å². The Labute approximate surface area is 142 Å². The number of aryl methyl sites for hydroxylation is 2. The van der Waals surface area contributed by atoms with E-state index in [0.29, 0.717) is 13.1 Å². The van der Waals surface area contributed by atoms with Crippen molar-refractivity contribution in [3.05, 3.63) is 29.6 Å². The van der Waals surface area contributed by atoms with Gasteiger partial charge in [-0.3, -0.25) is 9.69 Å². The largest absolute Gasteiger partial charge is 0.390 e. The van der Waals surface area contributed by atoms with Gasteiger partial charge in [-0.2, -0.15) is 0 Å². The number of amides is 1. The summed E-state index contributed by atoms with van der Waals surface area (Å²) < 4.78 is 2.03. The molecule has 1 aromatic heterocycles. The van der Waals surface area contributed by atoms with Gasteiger partial charge in [0.1, 0.15) is 0 Å². The fraction of sp³-hybridized carbons (Fsp3) is 0.556. The van der Waals surface area contributed by atoms with E-state index in [0.717, 1.165) is 37.2 Å². The minimum absolute atomic E-state index is 0.130. The molecule has 1 aliphatic heterocycles. The second-order valence-electron chi connectivity index (χ2n) is 6.78. The first-order valence-corrected chi connectivity index (χ1v) is 8.52. The van der Waals surface area contributed by atoms with E-state index in [-0.39, 0.29) is 5.91 Å². The van der Waals surface area contributed by atoms with Crippen LogP contribution < -0.4 is 0 Å². The van der Waals surface area contributed by atoms with Crippen molar-refractivity contribution < 1.29 is 9.90 Å². The Morgan fingerprint density at radius 1 is 1.17 bits per heavy atom. The minimum Gasteiger partial charge on any atom is -0.390 e. The van der Waals surface area contributed by atoms with Crippen LogP contribution in [0.1, 0.15) is 18.1 Å². The fourth-order valence-corrected chi connectivity index (χ4v) is 3.29. The van der Waals surface area contributed by atoms with Crippen molar-refractivity contribution in [3.63, 3.8) is 0 Å². The molecule has 0 spiro atoms. The number of carbonyl (C=O) groups is 1. The highest BCUT2D eigenvalue weighted by Crippen LogP contribution is 2.18. The van der Waals surface area contributed by atoms with E-state index in [1.807, 2.05) is 9.47 Å². The molecule has 0 unspecified atom stereocenters. The standard InChI is InChI=1S/C18H26N4O2/c1-13-8-17-18(9-14(13)2)22(12-19-17)11-16(24)10-20-4-6-21(7-5-20)15(3)23/h8-9,12,16,24H,4-7,10-11H2,1-3H3/t16-/m0/s1. The molecule has 24 heavy (non-hydrogen) atoms. The molecule has 3 rings (SSSR count). The van der Waals surface area contributed by atoms with E-state index < -0.39 is 6.10 Å². The normalized spacial score (nSPS) is 17.4. The van der Waals surface area contributed by atoms with Gasteiger partial charge < -0.3 is 14.6 Å². The van der Waals surface area contributed by atoms with Crippen LogP contribution in [0.25, 0.3) is 11.0 Å². The number of aliphatic hydroxyl groups excluding tert-OH is 1. The Morgan fingerprint density at radius 3 is 2.50 bits per heavy atom. The molecule has 1 atom stereocenters. The van der Waals surface area contributed by atoms with Gasteiger partial charge in [0.25, 0.3) is 0 Å². The van der Waals surface area contributed by atoms with Crippen LogP contribution in [0.4, 0.5) is 0 Å². The lowest BCUT2D eigenvalue weighted by atomic mass is 10.1. The molecule has 2 heterocycles. The highest BCUT2D eigenvalue weighted by atomic mass is 16.3. The SMILES string of the molecule is CC(=O)N1CCN(C[C@H](O)Cn2cnc3cc(C)c(C)cc32)CC1. The second-order valence-corrected chi connectivity index (χ2v) is 6.78. The van der Waals surface area contributed by atoms with Gasteiger partial charge >= 0.3 is 0 Å². The number of hydrogen-bond acceptors (Lipinski definition) is 4. The number of fused-ring (bicyclic) bond motifs is 1. The Bertz CT molecular complexity index is 732. The van der Waals surface area contributed by atoms with Crippen LogP contribution in [0.15, 0.2) is 18.5 Å². The average molecular weight is 330 g/mol. The Morgan fingerprint density at radius 2 is 1.83 bits per heavy atom. The van der Waals surface area contributed by atoms with E-state index in [2.05, 4.69) is 35.9 Å². The summed E-state index contributed by atoms with van der Waals surface area (Å²) in [7, 11) is 0. The van der Waals surface area contributed by atoms with Crippen molar-refractivity contribution in [3.8, 4) is 0 Å². The average Bonchev–Trinajstić information content (AvgIpc) is 2.90. The molecule has 0 radical (unpaired) electrons. The van der Waals surface area contributed by atoms with Gasteiger partial charge in [0, 0.05) is 39.6 Å². The van der Waals surface area contributed by atoms with E-state index in [1.165, 1.54) is 11.1 Å². The number of piperazine rings is 1. The maximum Gasteiger partial charge on any atom is 0.219 e. The molecule has 1 aromatic carbocycles. The zero-order valence-corrected chi connectivity index (χ0v) is 14.7. The topological polar surface area (TPSA) is 61.6 Å². The molecular weight excluding hydrogens is 304 g/mol. The summed E-state index contributed by atoms with van der Waals surface area (Å²) in [5, 5.41) is 10.5. The van der Waals surface area contributed by atoms with Crippen LogP contribution in [0.5, 0.6) is 0 Å². The highest BCUT2D eigenvalue weighted by molar-refractivity contribution is 5.77. The van der Waals surface area contributed by atoms with Crippen molar-refractivity contribution in [2.45, 2.75) is 33.4 Å². The van der Waals surface area contributed by atoms with Crippen molar-refractivity contribution in [1.29, 1.82) is 0 Å². The maximum absolute atomic E-state index is 11.4. The number of carbonyl (C=O) groups excluding carboxylic acids is 1. The number of benzene rings is 1. The number of rotatable bonds is 4. The zero-order chi connectivity index (χ0) is 17.3. The van der Waals surface area contributed by atoms with E-state index in [1.54, 1.807) is 13.3 Å². The summed E-state index contributed by atoms with van der Waals surface area (Å²) in [5.74, 6) is 0.130. The van der Waals surface area contributed by atoms with E-state index >= 15 is 0 Å². The molecule has 0 saturated carbocycles. The second kappa shape index (κ2) is 6.91. The minimum atomic E-state index is -0.451. The molecule has 1 amide bonds.